The van der Waals surface area contributed by atoms with Gasteiger partial charge < -0.3 is 19.0 Å². The number of furan rings is 1. The molecular formula is C17H22N2O3. The molecule has 2 aromatic rings. The Hall–Kier alpha value is -2.01. The van der Waals surface area contributed by atoms with Crippen molar-refractivity contribution in [3.8, 4) is 0 Å². The summed E-state index contributed by atoms with van der Waals surface area (Å²) < 4.78 is 11.0. The zero-order chi connectivity index (χ0) is 15.9. The first kappa shape index (κ1) is 14.9. The highest BCUT2D eigenvalue weighted by Gasteiger charge is 2.27. The van der Waals surface area contributed by atoms with E-state index in [1.807, 2.05) is 20.2 Å². The van der Waals surface area contributed by atoms with E-state index in [0.717, 1.165) is 29.5 Å². The van der Waals surface area contributed by atoms with Crippen LogP contribution in [0.1, 0.15) is 28.6 Å². The second-order valence-electron chi connectivity index (χ2n) is 5.95. The van der Waals surface area contributed by atoms with Gasteiger partial charge in [0.1, 0.15) is 5.58 Å². The minimum absolute atomic E-state index is 0.348. The van der Waals surface area contributed by atoms with Crippen LogP contribution in [0.25, 0.3) is 11.0 Å². The lowest BCUT2D eigenvalue weighted by molar-refractivity contribution is 0.0489. The van der Waals surface area contributed by atoms with Crippen LogP contribution >= 0.6 is 0 Å². The van der Waals surface area contributed by atoms with Gasteiger partial charge >= 0.3 is 5.97 Å². The highest BCUT2D eigenvalue weighted by Crippen LogP contribution is 2.37. The Labute approximate surface area is 130 Å². The Morgan fingerprint density at radius 1 is 1.36 bits per heavy atom. The van der Waals surface area contributed by atoms with E-state index in [-0.39, 0.29) is 5.97 Å². The molecule has 0 bridgehead atoms. The summed E-state index contributed by atoms with van der Waals surface area (Å²) in [6.45, 7) is 3.81. The number of rotatable bonds is 3. The van der Waals surface area contributed by atoms with Crippen molar-refractivity contribution in [3.63, 3.8) is 0 Å². The first-order chi connectivity index (χ1) is 10.5. The molecule has 0 radical (unpaired) electrons. The Bertz CT molecular complexity index is 718. The van der Waals surface area contributed by atoms with Crippen molar-refractivity contribution in [1.29, 1.82) is 0 Å². The van der Waals surface area contributed by atoms with Gasteiger partial charge in [-0.2, -0.15) is 0 Å². The summed E-state index contributed by atoms with van der Waals surface area (Å²) >= 11 is 0. The largest absolute Gasteiger partial charge is 0.460 e. The van der Waals surface area contributed by atoms with E-state index in [4.69, 9.17) is 9.15 Å². The minimum atomic E-state index is -0.374. The van der Waals surface area contributed by atoms with Crippen molar-refractivity contribution >= 4 is 22.6 Å². The van der Waals surface area contributed by atoms with Gasteiger partial charge in [0.15, 0.2) is 0 Å². The van der Waals surface area contributed by atoms with Crippen LogP contribution in [0, 0.1) is 0 Å². The molecule has 1 aliphatic heterocycles. The van der Waals surface area contributed by atoms with E-state index in [2.05, 4.69) is 22.9 Å². The van der Waals surface area contributed by atoms with Gasteiger partial charge in [0.05, 0.1) is 6.61 Å². The SMILES string of the molecule is CCOC(=O)c1oc2ccc(N(C)C)c3c2c1CN(C)CC3. The molecule has 0 spiro atoms. The summed E-state index contributed by atoms with van der Waals surface area (Å²) in [6.07, 6.45) is 0.941. The Balaban J connectivity index is 2.26. The van der Waals surface area contributed by atoms with Crippen LogP contribution in [-0.4, -0.2) is 45.2 Å². The number of carbonyl (C=O) groups excluding carboxylic acids is 1. The molecule has 5 nitrogen and oxygen atoms in total. The van der Waals surface area contributed by atoms with Gasteiger partial charge in [-0.1, -0.05) is 0 Å². The molecule has 2 heterocycles. The van der Waals surface area contributed by atoms with Crippen LogP contribution in [0.2, 0.25) is 0 Å². The summed E-state index contributed by atoms with van der Waals surface area (Å²) in [5.74, 6) is -0.0240. The van der Waals surface area contributed by atoms with Crippen LogP contribution in [0.3, 0.4) is 0 Å². The van der Waals surface area contributed by atoms with Gasteiger partial charge in [-0.3, -0.25) is 0 Å². The first-order valence-corrected chi connectivity index (χ1v) is 7.63. The lowest BCUT2D eigenvalue weighted by Crippen LogP contribution is -2.20. The monoisotopic (exact) mass is 302 g/mol. The van der Waals surface area contributed by atoms with Crippen molar-refractivity contribution < 1.29 is 13.9 Å². The number of ether oxygens (including phenoxy) is 1. The van der Waals surface area contributed by atoms with Crippen molar-refractivity contribution in [2.45, 2.75) is 19.9 Å². The molecule has 1 aliphatic rings. The summed E-state index contributed by atoms with van der Waals surface area (Å²) in [7, 11) is 6.14. The molecule has 0 N–H and O–H groups in total. The third-order valence-corrected chi connectivity index (χ3v) is 4.15. The fourth-order valence-corrected chi connectivity index (χ4v) is 3.15. The van der Waals surface area contributed by atoms with Gasteiger partial charge in [0.25, 0.3) is 0 Å². The number of carbonyl (C=O) groups is 1. The van der Waals surface area contributed by atoms with Gasteiger partial charge in [-0.15, -0.1) is 0 Å². The third-order valence-electron chi connectivity index (χ3n) is 4.15. The van der Waals surface area contributed by atoms with E-state index in [1.165, 1.54) is 11.3 Å². The molecule has 0 aliphatic carbocycles. The number of hydrogen-bond acceptors (Lipinski definition) is 5. The molecule has 118 valence electrons. The van der Waals surface area contributed by atoms with Crippen LogP contribution in [0.5, 0.6) is 0 Å². The second-order valence-corrected chi connectivity index (χ2v) is 5.95. The molecule has 0 unspecified atom stereocenters. The molecular weight excluding hydrogens is 280 g/mol. The average Bonchev–Trinajstić information content (AvgIpc) is 2.74. The maximum absolute atomic E-state index is 12.2. The van der Waals surface area contributed by atoms with E-state index in [1.54, 1.807) is 6.92 Å². The number of hydrogen-bond donors (Lipinski definition) is 0. The van der Waals surface area contributed by atoms with Gasteiger partial charge in [0, 0.05) is 43.8 Å². The number of benzene rings is 1. The zero-order valence-electron chi connectivity index (χ0n) is 13.6. The molecule has 1 aromatic heterocycles. The maximum atomic E-state index is 12.2. The molecule has 0 fully saturated rings. The lowest BCUT2D eigenvalue weighted by Gasteiger charge is -2.18. The Morgan fingerprint density at radius 2 is 2.14 bits per heavy atom. The highest BCUT2D eigenvalue weighted by molar-refractivity contribution is 5.99. The van der Waals surface area contributed by atoms with Crippen molar-refractivity contribution in [2.75, 3.05) is 39.2 Å². The first-order valence-electron chi connectivity index (χ1n) is 7.63. The Morgan fingerprint density at radius 3 is 2.82 bits per heavy atom. The fraction of sp³-hybridized carbons (Fsp3) is 0.471. The number of nitrogens with zero attached hydrogens (tertiary/aromatic N) is 2. The standard InChI is InChI=1S/C17H22N2O3/c1-5-21-17(20)16-12-10-19(4)9-8-11-13(18(2)3)6-7-14(22-16)15(11)12/h6-7H,5,8-10H2,1-4H3. The second kappa shape index (κ2) is 5.65. The lowest BCUT2D eigenvalue weighted by atomic mass is 10.0. The molecule has 5 heteroatoms. The number of esters is 1. The summed E-state index contributed by atoms with van der Waals surface area (Å²) in [6, 6.07) is 4.01. The third kappa shape index (κ3) is 2.35. The zero-order valence-corrected chi connectivity index (χ0v) is 13.6. The molecule has 0 atom stereocenters. The van der Waals surface area contributed by atoms with Crippen molar-refractivity contribution in [2.24, 2.45) is 0 Å². The van der Waals surface area contributed by atoms with Gasteiger partial charge in [0.2, 0.25) is 5.76 Å². The van der Waals surface area contributed by atoms with E-state index in [0.29, 0.717) is 18.9 Å². The molecule has 0 saturated carbocycles. The van der Waals surface area contributed by atoms with Crippen LogP contribution in [-0.2, 0) is 17.7 Å². The summed E-state index contributed by atoms with van der Waals surface area (Å²) in [5.41, 5.74) is 4.16. The van der Waals surface area contributed by atoms with Crippen LogP contribution in [0.15, 0.2) is 16.5 Å². The van der Waals surface area contributed by atoms with E-state index in [9.17, 15) is 4.79 Å². The van der Waals surface area contributed by atoms with Crippen LogP contribution in [0.4, 0.5) is 5.69 Å². The molecule has 3 rings (SSSR count). The van der Waals surface area contributed by atoms with Gasteiger partial charge in [-0.05, 0) is 38.1 Å². The maximum Gasteiger partial charge on any atom is 0.374 e. The predicted molar refractivity (Wildman–Crippen MR) is 86.5 cm³/mol. The molecule has 22 heavy (non-hydrogen) atoms. The predicted octanol–water partition coefficient (Wildman–Crippen LogP) is 2.66. The van der Waals surface area contributed by atoms with Crippen molar-refractivity contribution in [1.82, 2.24) is 4.90 Å². The van der Waals surface area contributed by atoms with E-state index < -0.39 is 0 Å². The van der Waals surface area contributed by atoms with Gasteiger partial charge in [-0.25, -0.2) is 4.79 Å². The van der Waals surface area contributed by atoms with Crippen LogP contribution < -0.4 is 4.90 Å². The molecule has 1 aromatic carbocycles. The fourth-order valence-electron chi connectivity index (χ4n) is 3.15. The normalized spacial score (nSPS) is 14.9. The highest BCUT2D eigenvalue weighted by atomic mass is 16.5. The topological polar surface area (TPSA) is 45.9 Å². The molecule has 0 saturated heterocycles. The summed E-state index contributed by atoms with van der Waals surface area (Å²) in [5, 5.41) is 1.08. The van der Waals surface area contributed by atoms with Crippen molar-refractivity contribution in [3.05, 3.63) is 29.0 Å². The summed E-state index contributed by atoms with van der Waals surface area (Å²) in [4.78, 5) is 16.5. The quantitative estimate of drug-likeness (QED) is 0.816. The molecule has 0 amide bonds. The van der Waals surface area contributed by atoms with E-state index >= 15 is 0 Å². The smallest absolute Gasteiger partial charge is 0.374 e. The Kier molecular flexibility index (Phi) is 3.83. The number of likely N-dealkylation sites (N-methyl/N-ethyl adjacent to an activating group) is 1. The average molecular weight is 302 g/mol. The number of anilines is 1. The minimum Gasteiger partial charge on any atom is -0.460 e.